The molecule has 1 aliphatic rings. The molecule has 20 heavy (non-hydrogen) atoms. The zero-order chi connectivity index (χ0) is 14.5. The Hall–Kier alpha value is -2.23. The third-order valence-electron chi connectivity index (χ3n) is 3.49. The molecule has 0 fully saturated rings. The van der Waals surface area contributed by atoms with Gasteiger partial charge < -0.3 is 5.11 Å². The monoisotopic (exact) mass is 272 g/mol. The predicted molar refractivity (Wildman–Crippen MR) is 73.2 cm³/mol. The van der Waals surface area contributed by atoms with Gasteiger partial charge in [0.25, 0.3) is 0 Å². The van der Waals surface area contributed by atoms with E-state index in [2.05, 4.69) is 0 Å². The van der Waals surface area contributed by atoms with Crippen LogP contribution in [0, 0.1) is 5.92 Å². The molecule has 1 N–H and O–H groups in total. The lowest BCUT2D eigenvalue weighted by Crippen LogP contribution is -2.12. The lowest BCUT2D eigenvalue weighted by Gasteiger charge is -2.09. The van der Waals surface area contributed by atoms with Crippen LogP contribution in [0.4, 0.5) is 0 Å². The summed E-state index contributed by atoms with van der Waals surface area (Å²) in [5, 5.41) is 8.52. The van der Waals surface area contributed by atoms with Gasteiger partial charge in [-0.25, -0.2) is 4.79 Å². The quantitative estimate of drug-likeness (QED) is 0.806. The van der Waals surface area contributed by atoms with Crippen LogP contribution in [0.3, 0.4) is 0 Å². The second-order valence-corrected chi connectivity index (χ2v) is 5.02. The predicted octanol–water partition coefficient (Wildman–Crippen LogP) is 2.18. The van der Waals surface area contributed by atoms with Gasteiger partial charge in [-0.2, -0.15) is 0 Å². The minimum Gasteiger partial charge on any atom is -0.476 e. The molecule has 4 heteroatoms. The fourth-order valence-electron chi connectivity index (χ4n) is 2.42. The maximum absolute atomic E-state index is 11.9. The van der Waals surface area contributed by atoms with Crippen LogP contribution >= 0.6 is 0 Å². The Kier molecular flexibility index (Phi) is 4.45. The molecule has 0 spiro atoms. The lowest BCUT2D eigenvalue weighted by molar-refractivity contribution is -0.149. The molecule has 0 bridgehead atoms. The summed E-state index contributed by atoms with van der Waals surface area (Å²) in [6, 6.07) is 9.78. The number of rotatable bonds is 6. The number of carboxylic acids is 1. The number of aliphatic carboxylic acids is 1. The average Bonchev–Trinajstić information content (AvgIpc) is 2.77. The van der Waals surface area contributed by atoms with E-state index in [1.54, 1.807) is 6.08 Å². The molecule has 0 saturated carbocycles. The zero-order valence-corrected chi connectivity index (χ0v) is 11.0. The number of Topliss-reactive ketones (excluding diaryl/α,β-unsaturated/α-hetero) is 1. The molecule has 1 aliphatic carbocycles. The molecule has 0 saturated heterocycles. The third-order valence-corrected chi connectivity index (χ3v) is 3.49. The number of allylic oxidation sites excluding steroid dienone is 2. The van der Waals surface area contributed by atoms with Gasteiger partial charge in [-0.15, -0.1) is 0 Å². The highest BCUT2D eigenvalue weighted by Gasteiger charge is 2.26. The first-order valence-electron chi connectivity index (χ1n) is 6.59. The van der Waals surface area contributed by atoms with Crippen molar-refractivity contribution in [2.45, 2.75) is 25.7 Å². The van der Waals surface area contributed by atoms with Crippen molar-refractivity contribution in [3.8, 4) is 0 Å². The Balaban J connectivity index is 1.88. The van der Waals surface area contributed by atoms with E-state index in [-0.39, 0.29) is 18.1 Å². The van der Waals surface area contributed by atoms with Gasteiger partial charge in [0.05, 0.1) is 0 Å². The highest BCUT2D eigenvalue weighted by molar-refractivity contribution is 6.32. The topological polar surface area (TPSA) is 71.4 Å². The molecular weight excluding hydrogens is 256 g/mol. The van der Waals surface area contributed by atoms with Crippen LogP contribution in [0.5, 0.6) is 0 Å². The van der Waals surface area contributed by atoms with E-state index < -0.39 is 11.8 Å². The molecule has 1 aromatic rings. The number of hydrogen-bond acceptors (Lipinski definition) is 3. The molecule has 0 heterocycles. The number of ketones is 2. The summed E-state index contributed by atoms with van der Waals surface area (Å²) in [4.78, 5) is 33.4. The van der Waals surface area contributed by atoms with E-state index >= 15 is 0 Å². The molecule has 2 rings (SSSR count). The van der Waals surface area contributed by atoms with E-state index in [1.807, 2.05) is 30.3 Å². The summed E-state index contributed by atoms with van der Waals surface area (Å²) in [5.41, 5.74) is 1.99. The Labute approximate surface area is 117 Å². The summed E-state index contributed by atoms with van der Waals surface area (Å²) >= 11 is 0. The standard InChI is InChI=1S/C16H16O4/c17-14(16(19)20)7-6-12-9-13(15(18)10-12)8-11-4-2-1-3-5-11/h1-5,10,13H,6-9H2,(H,19,20). The van der Waals surface area contributed by atoms with Gasteiger partial charge in [-0.1, -0.05) is 35.9 Å². The number of carbonyl (C=O) groups excluding carboxylic acids is 2. The SMILES string of the molecule is O=C(O)C(=O)CCC1=CC(=O)C(Cc2ccccc2)C1. The highest BCUT2D eigenvalue weighted by Crippen LogP contribution is 2.28. The molecule has 104 valence electrons. The summed E-state index contributed by atoms with van der Waals surface area (Å²) in [6.07, 6.45) is 3.21. The van der Waals surface area contributed by atoms with Gasteiger partial charge in [-0.3, -0.25) is 9.59 Å². The van der Waals surface area contributed by atoms with E-state index in [9.17, 15) is 14.4 Å². The molecule has 0 amide bonds. The largest absolute Gasteiger partial charge is 0.476 e. The van der Waals surface area contributed by atoms with Crippen molar-refractivity contribution in [2.24, 2.45) is 5.92 Å². The normalized spacial score (nSPS) is 17.9. The van der Waals surface area contributed by atoms with Crippen molar-refractivity contribution in [2.75, 3.05) is 0 Å². The van der Waals surface area contributed by atoms with Gasteiger partial charge in [0.2, 0.25) is 5.78 Å². The maximum Gasteiger partial charge on any atom is 0.372 e. The molecule has 1 atom stereocenters. The van der Waals surface area contributed by atoms with E-state index in [1.165, 1.54) is 0 Å². The van der Waals surface area contributed by atoms with E-state index in [0.29, 0.717) is 19.3 Å². The van der Waals surface area contributed by atoms with Crippen LogP contribution in [0.2, 0.25) is 0 Å². The number of hydrogen-bond donors (Lipinski definition) is 1. The first kappa shape index (κ1) is 14.2. The van der Waals surface area contributed by atoms with Crippen LogP contribution in [-0.4, -0.2) is 22.6 Å². The van der Waals surface area contributed by atoms with Crippen LogP contribution in [0.1, 0.15) is 24.8 Å². The van der Waals surface area contributed by atoms with Crippen molar-refractivity contribution in [1.82, 2.24) is 0 Å². The Morgan fingerprint density at radius 3 is 2.55 bits per heavy atom. The van der Waals surface area contributed by atoms with Crippen LogP contribution in [0.15, 0.2) is 42.0 Å². The molecule has 1 aromatic carbocycles. The summed E-state index contributed by atoms with van der Waals surface area (Å²) < 4.78 is 0. The second-order valence-electron chi connectivity index (χ2n) is 5.02. The van der Waals surface area contributed by atoms with E-state index in [4.69, 9.17) is 5.11 Å². The summed E-state index contributed by atoms with van der Waals surface area (Å²) in [5.74, 6) is -2.21. The molecule has 1 unspecified atom stereocenters. The Bertz CT molecular complexity index is 557. The molecular formula is C16H16O4. The highest BCUT2D eigenvalue weighted by atomic mass is 16.4. The number of benzene rings is 1. The smallest absolute Gasteiger partial charge is 0.372 e. The van der Waals surface area contributed by atoms with Crippen molar-refractivity contribution in [3.63, 3.8) is 0 Å². The van der Waals surface area contributed by atoms with Crippen LogP contribution < -0.4 is 0 Å². The minimum absolute atomic E-state index is 0.0352. The zero-order valence-electron chi connectivity index (χ0n) is 11.0. The maximum atomic E-state index is 11.9. The summed E-state index contributed by atoms with van der Waals surface area (Å²) in [7, 11) is 0. The molecule has 0 aromatic heterocycles. The van der Waals surface area contributed by atoms with Crippen LogP contribution in [0.25, 0.3) is 0 Å². The van der Waals surface area contributed by atoms with Gasteiger partial charge >= 0.3 is 5.97 Å². The minimum atomic E-state index is -1.41. The average molecular weight is 272 g/mol. The number of carbonyl (C=O) groups is 3. The van der Waals surface area contributed by atoms with Crippen molar-refractivity contribution >= 4 is 17.5 Å². The van der Waals surface area contributed by atoms with Gasteiger partial charge in [0.1, 0.15) is 0 Å². The van der Waals surface area contributed by atoms with Gasteiger partial charge in [-0.05, 0) is 30.9 Å². The van der Waals surface area contributed by atoms with Gasteiger partial charge in [0, 0.05) is 12.3 Å². The summed E-state index contributed by atoms with van der Waals surface area (Å²) in [6.45, 7) is 0. The first-order valence-corrected chi connectivity index (χ1v) is 6.59. The van der Waals surface area contributed by atoms with Gasteiger partial charge in [0.15, 0.2) is 5.78 Å². The van der Waals surface area contributed by atoms with Crippen molar-refractivity contribution < 1.29 is 19.5 Å². The lowest BCUT2D eigenvalue weighted by atomic mass is 9.94. The fourth-order valence-corrected chi connectivity index (χ4v) is 2.42. The first-order chi connectivity index (χ1) is 9.56. The van der Waals surface area contributed by atoms with E-state index in [0.717, 1.165) is 11.1 Å². The molecule has 0 radical (unpaired) electrons. The fraction of sp³-hybridized carbons (Fsp3) is 0.312. The Morgan fingerprint density at radius 1 is 1.20 bits per heavy atom. The van der Waals surface area contributed by atoms with Crippen molar-refractivity contribution in [3.05, 3.63) is 47.5 Å². The van der Waals surface area contributed by atoms with Crippen molar-refractivity contribution in [1.29, 1.82) is 0 Å². The molecule has 4 nitrogen and oxygen atoms in total. The third kappa shape index (κ3) is 3.63. The Morgan fingerprint density at radius 2 is 1.90 bits per heavy atom. The van der Waals surface area contributed by atoms with Crippen LogP contribution in [-0.2, 0) is 20.8 Å². The number of carboxylic acid groups (broad SMARTS) is 1. The molecule has 0 aliphatic heterocycles. The second kappa shape index (κ2) is 6.28.